The number of guanidine groups is 1. The van der Waals surface area contributed by atoms with Gasteiger partial charge < -0.3 is 10.6 Å². The summed E-state index contributed by atoms with van der Waals surface area (Å²) in [6.45, 7) is 4.44. The molecule has 1 saturated carbocycles. The van der Waals surface area contributed by atoms with E-state index in [4.69, 9.17) is 0 Å². The van der Waals surface area contributed by atoms with Gasteiger partial charge in [0, 0.05) is 42.9 Å². The molecule has 1 aliphatic carbocycles. The third kappa shape index (κ3) is 6.81. The zero-order valence-corrected chi connectivity index (χ0v) is 17.5. The fourth-order valence-corrected chi connectivity index (χ4v) is 4.85. The molecule has 0 bridgehead atoms. The summed E-state index contributed by atoms with van der Waals surface area (Å²) in [6.07, 6.45) is 4.40. The first-order valence-electron chi connectivity index (χ1n) is 9.02. The van der Waals surface area contributed by atoms with Crippen LogP contribution in [-0.4, -0.2) is 62.9 Å². The van der Waals surface area contributed by atoms with Gasteiger partial charge in [0.15, 0.2) is 5.96 Å². The van der Waals surface area contributed by atoms with E-state index in [2.05, 4.69) is 39.9 Å². The number of thioether (sulfide) groups is 1. The van der Waals surface area contributed by atoms with E-state index >= 15 is 0 Å². The first-order chi connectivity index (χ1) is 12.4. The van der Waals surface area contributed by atoms with Crippen molar-refractivity contribution in [2.75, 3.05) is 39.5 Å². The van der Waals surface area contributed by atoms with Crippen molar-refractivity contribution in [3.8, 4) is 0 Å². The second-order valence-electron chi connectivity index (χ2n) is 6.56. The number of rotatable bonds is 10. The van der Waals surface area contributed by atoms with Crippen molar-refractivity contribution in [3.63, 3.8) is 0 Å². The second kappa shape index (κ2) is 9.62. The van der Waals surface area contributed by atoms with Crippen molar-refractivity contribution >= 4 is 27.7 Å². The Morgan fingerprint density at radius 1 is 1.27 bits per heavy atom. The number of hydrogen-bond donors (Lipinski definition) is 2. The highest BCUT2D eigenvalue weighted by Crippen LogP contribution is 2.51. The molecule has 1 aromatic carbocycles. The van der Waals surface area contributed by atoms with Gasteiger partial charge in [-0.15, -0.1) is 11.8 Å². The van der Waals surface area contributed by atoms with Gasteiger partial charge in [-0.2, -0.15) is 0 Å². The van der Waals surface area contributed by atoms with Crippen molar-refractivity contribution in [3.05, 3.63) is 30.3 Å². The second-order valence-corrected chi connectivity index (χ2v) is 10.1. The van der Waals surface area contributed by atoms with E-state index < -0.39 is 10.0 Å². The highest BCUT2D eigenvalue weighted by molar-refractivity contribution is 8.01. The molecule has 0 unspecified atom stereocenters. The van der Waals surface area contributed by atoms with E-state index in [9.17, 15) is 8.42 Å². The van der Waals surface area contributed by atoms with Gasteiger partial charge in [-0.05, 0) is 31.4 Å². The fraction of sp³-hybridized carbons (Fsp3) is 0.611. The van der Waals surface area contributed by atoms with E-state index in [1.807, 2.05) is 24.8 Å². The maximum atomic E-state index is 11.6. The maximum Gasteiger partial charge on any atom is 0.211 e. The van der Waals surface area contributed by atoms with Crippen molar-refractivity contribution in [2.45, 2.75) is 35.8 Å². The van der Waals surface area contributed by atoms with Gasteiger partial charge in [0.2, 0.25) is 10.0 Å². The number of aliphatic imine (C=N–C) groups is 1. The summed E-state index contributed by atoms with van der Waals surface area (Å²) < 4.78 is 24.9. The van der Waals surface area contributed by atoms with E-state index in [0.29, 0.717) is 19.6 Å². The summed E-state index contributed by atoms with van der Waals surface area (Å²) in [6, 6.07) is 10.5. The van der Waals surface area contributed by atoms with Gasteiger partial charge in [-0.3, -0.25) is 4.99 Å². The smallest absolute Gasteiger partial charge is 0.211 e. The molecule has 2 rings (SSSR count). The minimum atomic E-state index is -3.12. The van der Waals surface area contributed by atoms with Gasteiger partial charge in [-0.1, -0.05) is 25.1 Å². The quantitative estimate of drug-likeness (QED) is 0.359. The SMILES string of the molecule is CCN(CCCNC(=NC)NCC1(Sc2ccccc2)CC1)S(C)(=O)=O. The first-order valence-corrected chi connectivity index (χ1v) is 11.7. The lowest BCUT2D eigenvalue weighted by molar-refractivity contribution is 0.424. The molecule has 8 heteroatoms. The molecular weight excluding hydrogens is 368 g/mol. The summed E-state index contributed by atoms with van der Waals surface area (Å²) in [5, 5.41) is 6.68. The van der Waals surface area contributed by atoms with Crippen LogP contribution < -0.4 is 10.6 Å². The van der Waals surface area contributed by atoms with Gasteiger partial charge in [0.25, 0.3) is 0 Å². The molecular formula is C18H30N4O2S2. The van der Waals surface area contributed by atoms with E-state index in [1.165, 1.54) is 28.3 Å². The lowest BCUT2D eigenvalue weighted by atomic mass is 10.4. The molecule has 0 spiro atoms. The highest BCUT2D eigenvalue weighted by atomic mass is 32.2. The van der Waals surface area contributed by atoms with Crippen LogP contribution in [0.2, 0.25) is 0 Å². The van der Waals surface area contributed by atoms with E-state index in [1.54, 1.807) is 7.05 Å². The largest absolute Gasteiger partial charge is 0.356 e. The molecule has 0 atom stereocenters. The minimum absolute atomic E-state index is 0.258. The van der Waals surface area contributed by atoms with E-state index in [0.717, 1.165) is 18.9 Å². The average molecular weight is 399 g/mol. The molecule has 0 heterocycles. The Morgan fingerprint density at radius 3 is 2.50 bits per heavy atom. The molecule has 0 aromatic heterocycles. The molecule has 0 amide bonds. The zero-order valence-electron chi connectivity index (χ0n) is 15.9. The molecule has 0 aliphatic heterocycles. The van der Waals surface area contributed by atoms with Crippen molar-refractivity contribution < 1.29 is 8.42 Å². The van der Waals surface area contributed by atoms with Crippen LogP contribution in [0.3, 0.4) is 0 Å². The predicted octanol–water partition coefficient (Wildman–Crippen LogP) is 2.15. The van der Waals surface area contributed by atoms with Crippen molar-refractivity contribution in [1.82, 2.24) is 14.9 Å². The van der Waals surface area contributed by atoms with Crippen LogP contribution in [0.25, 0.3) is 0 Å². The molecule has 146 valence electrons. The Morgan fingerprint density at radius 2 is 1.96 bits per heavy atom. The molecule has 26 heavy (non-hydrogen) atoms. The monoisotopic (exact) mass is 398 g/mol. The molecule has 0 radical (unpaired) electrons. The minimum Gasteiger partial charge on any atom is -0.356 e. The molecule has 6 nitrogen and oxygen atoms in total. The number of nitrogens with zero attached hydrogens (tertiary/aromatic N) is 2. The predicted molar refractivity (Wildman–Crippen MR) is 110 cm³/mol. The summed E-state index contributed by atoms with van der Waals surface area (Å²) in [5.41, 5.74) is 0. The number of hydrogen-bond acceptors (Lipinski definition) is 4. The summed E-state index contributed by atoms with van der Waals surface area (Å²) >= 11 is 1.93. The number of benzene rings is 1. The third-order valence-electron chi connectivity index (χ3n) is 4.39. The summed E-state index contributed by atoms with van der Waals surface area (Å²) in [4.78, 5) is 5.57. The lowest BCUT2D eigenvalue weighted by Gasteiger charge is -2.20. The van der Waals surface area contributed by atoms with Gasteiger partial charge in [0.05, 0.1) is 6.26 Å². The maximum absolute atomic E-state index is 11.6. The van der Waals surface area contributed by atoms with Crippen LogP contribution >= 0.6 is 11.8 Å². The summed E-state index contributed by atoms with van der Waals surface area (Å²) in [5.74, 6) is 0.771. The van der Waals surface area contributed by atoms with Gasteiger partial charge >= 0.3 is 0 Å². The summed E-state index contributed by atoms with van der Waals surface area (Å²) in [7, 11) is -1.36. The topological polar surface area (TPSA) is 73.8 Å². The number of nitrogens with one attached hydrogen (secondary N) is 2. The Balaban J connectivity index is 1.71. The Hall–Kier alpha value is -1.25. The zero-order chi connectivity index (χ0) is 19.0. The first kappa shape index (κ1) is 21.1. The van der Waals surface area contributed by atoms with Crippen LogP contribution in [0.5, 0.6) is 0 Å². The van der Waals surface area contributed by atoms with Crippen molar-refractivity contribution in [1.29, 1.82) is 0 Å². The van der Waals surface area contributed by atoms with Gasteiger partial charge in [0.1, 0.15) is 0 Å². The Kier molecular flexibility index (Phi) is 7.79. The lowest BCUT2D eigenvalue weighted by Crippen LogP contribution is -2.42. The van der Waals surface area contributed by atoms with E-state index in [-0.39, 0.29) is 4.75 Å². The number of sulfonamides is 1. The molecule has 2 N–H and O–H groups in total. The molecule has 0 saturated heterocycles. The third-order valence-corrected chi connectivity index (χ3v) is 7.26. The molecule has 1 aromatic rings. The van der Waals surface area contributed by atoms with Crippen LogP contribution in [0.15, 0.2) is 40.2 Å². The highest BCUT2D eigenvalue weighted by Gasteiger charge is 2.43. The van der Waals surface area contributed by atoms with Crippen LogP contribution in [0.1, 0.15) is 26.2 Å². The standard InChI is InChI=1S/C18H30N4O2S2/c1-4-22(26(3,23)24)14-8-13-20-17(19-2)21-15-18(11-12-18)25-16-9-6-5-7-10-16/h5-7,9-10H,4,8,11-15H2,1-3H3,(H2,19,20,21). The molecule has 1 fully saturated rings. The fourth-order valence-electron chi connectivity index (χ4n) is 2.68. The average Bonchev–Trinajstić information content (AvgIpc) is 3.37. The van der Waals surface area contributed by atoms with Gasteiger partial charge in [-0.25, -0.2) is 12.7 Å². The van der Waals surface area contributed by atoms with Crippen molar-refractivity contribution in [2.24, 2.45) is 4.99 Å². The van der Waals surface area contributed by atoms with Crippen LogP contribution in [-0.2, 0) is 10.0 Å². The Labute approximate surface area is 161 Å². The van der Waals surface area contributed by atoms with Crippen LogP contribution in [0.4, 0.5) is 0 Å². The normalized spacial score (nSPS) is 16.5. The van der Waals surface area contributed by atoms with Crippen LogP contribution in [0, 0.1) is 0 Å². The molecule has 1 aliphatic rings. The Bertz CT molecular complexity index is 688.